The van der Waals surface area contributed by atoms with Crippen LogP contribution in [-0.4, -0.2) is 34.6 Å². The number of nitrogens with zero attached hydrogens (tertiary/aromatic N) is 1. The highest BCUT2D eigenvalue weighted by Gasteiger charge is 2.53. The van der Waals surface area contributed by atoms with Crippen LogP contribution in [0.3, 0.4) is 0 Å². The largest absolute Gasteiger partial charge is 0.398 e. The predicted octanol–water partition coefficient (Wildman–Crippen LogP) is 1.52. The molecule has 0 atom stereocenters. The van der Waals surface area contributed by atoms with E-state index in [1.165, 1.54) is 0 Å². The Hall–Kier alpha value is -1.26. The van der Waals surface area contributed by atoms with Crippen molar-refractivity contribution in [3.05, 3.63) is 28.8 Å². The Morgan fingerprint density at radius 2 is 2.11 bits per heavy atom. The van der Waals surface area contributed by atoms with Gasteiger partial charge in [0.1, 0.15) is 5.60 Å². The lowest BCUT2D eigenvalue weighted by Gasteiger charge is -2.47. The molecule has 0 aromatic heterocycles. The van der Waals surface area contributed by atoms with Crippen LogP contribution in [0, 0.1) is 5.92 Å². The molecule has 18 heavy (non-hydrogen) atoms. The minimum atomic E-state index is -0.645. The molecule has 0 bridgehead atoms. The van der Waals surface area contributed by atoms with E-state index in [0.717, 1.165) is 12.8 Å². The minimum absolute atomic E-state index is 0.0938. The van der Waals surface area contributed by atoms with Crippen molar-refractivity contribution in [1.29, 1.82) is 0 Å². The molecule has 1 aromatic rings. The van der Waals surface area contributed by atoms with Gasteiger partial charge < -0.3 is 15.7 Å². The highest BCUT2D eigenvalue weighted by Crippen LogP contribution is 2.44. The summed E-state index contributed by atoms with van der Waals surface area (Å²) in [5.41, 5.74) is 5.96. The van der Waals surface area contributed by atoms with Crippen molar-refractivity contribution in [2.45, 2.75) is 18.4 Å². The van der Waals surface area contributed by atoms with Crippen molar-refractivity contribution in [3.63, 3.8) is 0 Å². The minimum Gasteiger partial charge on any atom is -0.398 e. The van der Waals surface area contributed by atoms with Crippen molar-refractivity contribution < 1.29 is 9.90 Å². The maximum absolute atomic E-state index is 12.1. The Labute approximate surface area is 110 Å². The highest BCUT2D eigenvalue weighted by molar-refractivity contribution is 6.33. The third-order valence-electron chi connectivity index (χ3n) is 3.80. The molecule has 1 aliphatic carbocycles. The number of β-amino-alcohol motifs (C(OH)–C–C–N with tert-alkyl or cyclic N) is 1. The first-order valence-electron chi connectivity index (χ1n) is 6.06. The molecule has 4 nitrogen and oxygen atoms in total. The van der Waals surface area contributed by atoms with Crippen LogP contribution >= 0.6 is 11.6 Å². The fourth-order valence-electron chi connectivity index (χ4n) is 2.50. The van der Waals surface area contributed by atoms with Gasteiger partial charge in [-0.05, 0) is 37.0 Å². The van der Waals surface area contributed by atoms with Crippen LogP contribution in [0.1, 0.15) is 23.2 Å². The number of likely N-dealkylation sites (tertiary alicyclic amines) is 1. The predicted molar refractivity (Wildman–Crippen MR) is 69.4 cm³/mol. The van der Waals surface area contributed by atoms with E-state index in [1.54, 1.807) is 23.1 Å². The number of carbonyl (C=O) groups excluding carboxylic acids is 1. The van der Waals surface area contributed by atoms with Crippen LogP contribution in [-0.2, 0) is 0 Å². The zero-order valence-corrected chi connectivity index (χ0v) is 10.7. The van der Waals surface area contributed by atoms with Crippen LogP contribution in [0.5, 0.6) is 0 Å². The van der Waals surface area contributed by atoms with Crippen molar-refractivity contribution in [2.75, 3.05) is 18.8 Å². The van der Waals surface area contributed by atoms with E-state index in [2.05, 4.69) is 0 Å². The smallest absolute Gasteiger partial charge is 0.254 e. The number of rotatable bonds is 2. The van der Waals surface area contributed by atoms with E-state index in [1.807, 2.05) is 0 Å². The quantitative estimate of drug-likeness (QED) is 0.798. The standard InChI is InChI=1S/C13H15ClN2O2/c14-10-4-1-8(5-11(10)15)12(17)16-6-13(18,7-16)9-2-3-9/h1,4-5,9,18H,2-3,6-7,15H2. The van der Waals surface area contributed by atoms with Crippen molar-refractivity contribution in [1.82, 2.24) is 4.90 Å². The van der Waals surface area contributed by atoms with E-state index >= 15 is 0 Å². The molecule has 2 fully saturated rings. The Balaban J connectivity index is 1.70. The lowest BCUT2D eigenvalue weighted by atomic mass is 9.88. The topological polar surface area (TPSA) is 66.6 Å². The molecule has 3 N–H and O–H groups in total. The summed E-state index contributed by atoms with van der Waals surface area (Å²) in [5.74, 6) is 0.292. The molecule has 1 amide bonds. The summed E-state index contributed by atoms with van der Waals surface area (Å²) in [6.07, 6.45) is 2.15. The fraction of sp³-hybridized carbons (Fsp3) is 0.462. The summed E-state index contributed by atoms with van der Waals surface area (Å²) in [6, 6.07) is 4.87. The van der Waals surface area contributed by atoms with Gasteiger partial charge in [-0.25, -0.2) is 0 Å². The van der Waals surface area contributed by atoms with Gasteiger partial charge in [0.05, 0.1) is 23.8 Å². The lowest BCUT2D eigenvalue weighted by molar-refractivity contribution is -0.0958. The second kappa shape index (κ2) is 3.87. The molecule has 5 heteroatoms. The number of benzene rings is 1. The first-order valence-corrected chi connectivity index (χ1v) is 6.44. The molecule has 1 saturated heterocycles. The average Bonchev–Trinajstić information content (AvgIpc) is 3.12. The number of nitrogen functional groups attached to an aromatic ring is 1. The molecular weight excluding hydrogens is 252 g/mol. The summed E-state index contributed by atoms with van der Waals surface area (Å²) in [7, 11) is 0. The third-order valence-corrected chi connectivity index (χ3v) is 4.14. The number of carbonyl (C=O) groups is 1. The zero-order chi connectivity index (χ0) is 12.9. The average molecular weight is 267 g/mol. The van der Waals surface area contributed by atoms with Gasteiger partial charge in [0.2, 0.25) is 0 Å². The molecule has 3 rings (SSSR count). The second-order valence-corrected chi connectivity index (χ2v) is 5.68. The van der Waals surface area contributed by atoms with Crippen LogP contribution < -0.4 is 5.73 Å². The second-order valence-electron chi connectivity index (χ2n) is 5.28. The number of amides is 1. The summed E-state index contributed by atoms with van der Waals surface area (Å²) < 4.78 is 0. The van der Waals surface area contributed by atoms with Crippen LogP contribution in [0.15, 0.2) is 18.2 Å². The SMILES string of the molecule is Nc1cc(C(=O)N2CC(O)(C3CC3)C2)ccc1Cl. The number of nitrogens with two attached hydrogens (primary N) is 1. The van der Waals surface area contributed by atoms with Gasteiger partial charge in [-0.15, -0.1) is 0 Å². The molecule has 2 aliphatic rings. The summed E-state index contributed by atoms with van der Waals surface area (Å²) in [5, 5.41) is 10.6. The third kappa shape index (κ3) is 1.85. The molecule has 0 unspecified atom stereocenters. The summed E-state index contributed by atoms with van der Waals surface area (Å²) in [6.45, 7) is 0.859. The summed E-state index contributed by atoms with van der Waals surface area (Å²) >= 11 is 5.82. The van der Waals surface area contributed by atoms with Crippen molar-refractivity contribution in [2.24, 2.45) is 5.92 Å². The molecule has 1 saturated carbocycles. The van der Waals surface area contributed by atoms with Gasteiger partial charge in [-0.3, -0.25) is 4.79 Å². The van der Waals surface area contributed by atoms with Gasteiger partial charge in [0, 0.05) is 5.56 Å². The van der Waals surface area contributed by atoms with Crippen LogP contribution in [0.25, 0.3) is 0 Å². The molecule has 0 spiro atoms. The first kappa shape index (κ1) is 11.8. The van der Waals surface area contributed by atoms with Gasteiger partial charge in [-0.1, -0.05) is 11.6 Å². The van der Waals surface area contributed by atoms with E-state index in [4.69, 9.17) is 17.3 Å². The zero-order valence-electron chi connectivity index (χ0n) is 9.90. The maximum Gasteiger partial charge on any atom is 0.254 e. The van der Waals surface area contributed by atoms with E-state index in [-0.39, 0.29) is 5.91 Å². The normalized spacial score (nSPS) is 21.6. The van der Waals surface area contributed by atoms with Gasteiger partial charge in [0.15, 0.2) is 0 Å². The van der Waals surface area contributed by atoms with Gasteiger partial charge in [-0.2, -0.15) is 0 Å². The van der Waals surface area contributed by atoms with Gasteiger partial charge >= 0.3 is 0 Å². The van der Waals surface area contributed by atoms with E-state index < -0.39 is 5.60 Å². The van der Waals surface area contributed by atoms with E-state index in [9.17, 15) is 9.90 Å². The number of hydrogen-bond donors (Lipinski definition) is 2. The molecule has 96 valence electrons. The Morgan fingerprint density at radius 3 is 2.67 bits per heavy atom. The fourth-order valence-corrected chi connectivity index (χ4v) is 2.61. The van der Waals surface area contributed by atoms with Crippen LogP contribution in [0.4, 0.5) is 5.69 Å². The lowest BCUT2D eigenvalue weighted by Crippen LogP contribution is -2.64. The Morgan fingerprint density at radius 1 is 1.44 bits per heavy atom. The number of halogens is 1. The molecule has 1 aromatic carbocycles. The maximum atomic E-state index is 12.1. The monoisotopic (exact) mass is 266 g/mol. The Kier molecular flexibility index (Phi) is 2.54. The van der Waals surface area contributed by atoms with Crippen LogP contribution in [0.2, 0.25) is 5.02 Å². The molecule has 1 heterocycles. The molecule has 1 aliphatic heterocycles. The molecule has 0 radical (unpaired) electrons. The summed E-state index contributed by atoms with van der Waals surface area (Å²) in [4.78, 5) is 13.8. The van der Waals surface area contributed by atoms with Crippen molar-refractivity contribution in [3.8, 4) is 0 Å². The number of hydrogen-bond acceptors (Lipinski definition) is 3. The number of aliphatic hydroxyl groups is 1. The van der Waals surface area contributed by atoms with E-state index in [0.29, 0.717) is 35.3 Å². The number of anilines is 1. The Bertz CT molecular complexity index is 508. The first-order chi connectivity index (χ1) is 8.49. The molecular formula is C13H15ClN2O2. The van der Waals surface area contributed by atoms with Gasteiger partial charge in [0.25, 0.3) is 5.91 Å². The highest BCUT2D eigenvalue weighted by atomic mass is 35.5. The van der Waals surface area contributed by atoms with Crippen molar-refractivity contribution >= 4 is 23.2 Å².